The van der Waals surface area contributed by atoms with Crippen LogP contribution >= 0.6 is 0 Å². The van der Waals surface area contributed by atoms with E-state index in [2.05, 4.69) is 121 Å². The Kier molecular flexibility index (Phi) is 6.86. The van der Waals surface area contributed by atoms with Crippen molar-refractivity contribution in [2.24, 2.45) is 0 Å². The lowest BCUT2D eigenvalue weighted by Gasteiger charge is -2.14. The predicted molar refractivity (Wildman–Crippen MR) is 233 cm³/mol. The minimum absolute atomic E-state index is 0.607. The van der Waals surface area contributed by atoms with E-state index in [1.807, 2.05) is 60.7 Å². The maximum atomic E-state index is 6.31. The highest BCUT2D eigenvalue weighted by molar-refractivity contribution is 6.25. The lowest BCUT2D eigenvalue weighted by molar-refractivity contribution is 0.672. The molecule has 0 radical (unpaired) electrons. The normalized spacial score (nSPS) is 11.9. The van der Waals surface area contributed by atoms with Crippen molar-refractivity contribution in [3.8, 4) is 56.5 Å². The van der Waals surface area contributed by atoms with Crippen LogP contribution in [0.2, 0.25) is 0 Å². The van der Waals surface area contributed by atoms with Gasteiger partial charge in [-0.05, 0) is 55.6 Å². The van der Waals surface area contributed by atoms with Crippen molar-refractivity contribution in [2.45, 2.75) is 0 Å². The fraction of sp³-hybridized carbons (Fsp3) is 0. The summed E-state index contributed by atoms with van der Waals surface area (Å²) in [5.41, 5.74) is 9.51. The van der Waals surface area contributed by atoms with Crippen LogP contribution in [0.15, 0.2) is 186 Å². The lowest BCUT2D eigenvalue weighted by Crippen LogP contribution is -2.00. The van der Waals surface area contributed by atoms with Crippen molar-refractivity contribution < 1.29 is 4.42 Å². The van der Waals surface area contributed by atoms with Crippen LogP contribution < -0.4 is 0 Å². The Morgan fingerprint density at radius 1 is 0.316 bits per heavy atom. The van der Waals surface area contributed by atoms with Gasteiger partial charge in [0.25, 0.3) is 0 Å². The van der Waals surface area contributed by atoms with Gasteiger partial charge in [0.2, 0.25) is 0 Å². The number of nitrogens with zero attached hydrogens (tertiary/aromatic N) is 4. The van der Waals surface area contributed by atoms with Crippen molar-refractivity contribution in [1.29, 1.82) is 0 Å². The first-order chi connectivity index (χ1) is 28.2. The lowest BCUT2D eigenvalue weighted by atomic mass is 9.90. The smallest absolute Gasteiger partial charge is 0.164 e. The first-order valence-electron chi connectivity index (χ1n) is 19.1. The van der Waals surface area contributed by atoms with E-state index in [1.54, 1.807) is 0 Å². The van der Waals surface area contributed by atoms with Gasteiger partial charge in [0, 0.05) is 38.4 Å². The molecule has 0 N–H and O–H groups in total. The summed E-state index contributed by atoms with van der Waals surface area (Å²) in [7, 11) is 0. The number of pyridine rings is 1. The summed E-state index contributed by atoms with van der Waals surface area (Å²) < 4.78 is 6.31. The molecule has 0 aliphatic rings. The van der Waals surface area contributed by atoms with Crippen LogP contribution in [0.3, 0.4) is 0 Å². The zero-order valence-electron chi connectivity index (χ0n) is 30.5. The van der Waals surface area contributed by atoms with Gasteiger partial charge in [0.05, 0.1) is 5.69 Å². The highest BCUT2D eigenvalue weighted by atomic mass is 16.3. The molecule has 0 amide bonds. The van der Waals surface area contributed by atoms with Crippen molar-refractivity contribution in [3.05, 3.63) is 182 Å². The van der Waals surface area contributed by atoms with Crippen molar-refractivity contribution >= 4 is 65.2 Å². The third-order valence-corrected chi connectivity index (χ3v) is 11.3. The average molecular weight is 727 g/mol. The fourth-order valence-electron chi connectivity index (χ4n) is 8.52. The van der Waals surface area contributed by atoms with Gasteiger partial charge in [-0.25, -0.2) is 19.9 Å². The molecule has 0 spiro atoms. The van der Waals surface area contributed by atoms with Gasteiger partial charge in [-0.15, -0.1) is 0 Å². The third-order valence-electron chi connectivity index (χ3n) is 11.3. The first kappa shape index (κ1) is 31.6. The van der Waals surface area contributed by atoms with Gasteiger partial charge in [-0.1, -0.05) is 170 Å². The highest BCUT2D eigenvalue weighted by Crippen LogP contribution is 2.41. The molecule has 0 saturated heterocycles. The van der Waals surface area contributed by atoms with Crippen LogP contribution in [0, 0.1) is 0 Å². The zero-order valence-corrected chi connectivity index (χ0v) is 30.5. The number of rotatable bonds is 5. The number of fused-ring (bicyclic) bond motifs is 5. The molecule has 12 rings (SSSR count). The highest BCUT2D eigenvalue weighted by Gasteiger charge is 2.18. The van der Waals surface area contributed by atoms with Gasteiger partial charge in [0.15, 0.2) is 23.1 Å². The van der Waals surface area contributed by atoms with E-state index < -0.39 is 0 Å². The van der Waals surface area contributed by atoms with Crippen LogP contribution in [0.5, 0.6) is 0 Å². The maximum Gasteiger partial charge on any atom is 0.164 e. The van der Waals surface area contributed by atoms with Gasteiger partial charge in [-0.3, -0.25) is 0 Å². The molecule has 0 unspecified atom stereocenters. The topological polar surface area (TPSA) is 64.7 Å². The molecule has 57 heavy (non-hydrogen) atoms. The molecule has 0 atom stereocenters. The van der Waals surface area contributed by atoms with Crippen molar-refractivity contribution in [3.63, 3.8) is 0 Å². The molecule has 0 bridgehead atoms. The predicted octanol–water partition coefficient (Wildman–Crippen LogP) is 13.6. The number of benzene rings is 9. The van der Waals surface area contributed by atoms with E-state index >= 15 is 0 Å². The SMILES string of the molecule is c1ccc(-c2nc(-c3ccc(-c4nc5c6ccccc6oc5c5ccccc45)cc3)nc(-c3ccc(-c4ccc5ccc6cccc7ccc4c5c67)cc3)n2)cc1. The minimum Gasteiger partial charge on any atom is -0.454 e. The molecule has 0 aliphatic heterocycles. The molecule has 0 fully saturated rings. The summed E-state index contributed by atoms with van der Waals surface area (Å²) >= 11 is 0. The van der Waals surface area contributed by atoms with Crippen LogP contribution in [0.1, 0.15) is 0 Å². The summed E-state index contributed by atoms with van der Waals surface area (Å²) in [5, 5.41) is 10.8. The van der Waals surface area contributed by atoms with E-state index in [9.17, 15) is 0 Å². The number of aromatic nitrogens is 4. The summed E-state index contributed by atoms with van der Waals surface area (Å²) in [4.78, 5) is 20.3. The van der Waals surface area contributed by atoms with Crippen molar-refractivity contribution in [1.82, 2.24) is 19.9 Å². The third kappa shape index (κ3) is 5.03. The zero-order chi connectivity index (χ0) is 37.5. The molecule has 12 aromatic rings. The van der Waals surface area contributed by atoms with Gasteiger partial charge < -0.3 is 4.42 Å². The van der Waals surface area contributed by atoms with E-state index in [4.69, 9.17) is 24.4 Å². The molecule has 3 heterocycles. The maximum absolute atomic E-state index is 6.31. The van der Waals surface area contributed by atoms with Crippen LogP contribution in [-0.2, 0) is 0 Å². The van der Waals surface area contributed by atoms with E-state index in [0.29, 0.717) is 17.5 Å². The fourth-order valence-corrected chi connectivity index (χ4v) is 8.52. The minimum atomic E-state index is 0.607. The summed E-state index contributed by atoms with van der Waals surface area (Å²) in [5.74, 6) is 1.85. The second kappa shape index (κ2) is 12.4. The van der Waals surface area contributed by atoms with E-state index in [0.717, 1.165) is 66.4 Å². The largest absolute Gasteiger partial charge is 0.454 e. The van der Waals surface area contributed by atoms with Gasteiger partial charge in [0.1, 0.15) is 11.1 Å². The van der Waals surface area contributed by atoms with Gasteiger partial charge in [-0.2, -0.15) is 0 Å². The Hall–Kier alpha value is -7.76. The molecule has 0 aliphatic carbocycles. The molecular weight excluding hydrogens is 697 g/mol. The summed E-state index contributed by atoms with van der Waals surface area (Å²) in [6.45, 7) is 0. The first-order valence-corrected chi connectivity index (χ1v) is 19.1. The summed E-state index contributed by atoms with van der Waals surface area (Å²) in [6, 6.07) is 63.4. The second-order valence-corrected chi connectivity index (χ2v) is 14.6. The monoisotopic (exact) mass is 726 g/mol. The Morgan fingerprint density at radius 2 is 0.842 bits per heavy atom. The number of furan rings is 1. The molecule has 3 aromatic heterocycles. The molecule has 5 nitrogen and oxygen atoms in total. The standard InChI is InChI=1S/C52H30N4O/c1-2-9-36(10-3-1)50-54-51(37-23-17-31(18-24-37)39-29-27-34-20-19-32-11-8-12-33-28-30-40(39)46(34)45(32)33)56-52(55-50)38-25-21-35(22-26-38)47-41-13-4-5-14-42(41)49-48(53-47)43-15-6-7-16-44(43)57-49/h1-30H. The Morgan fingerprint density at radius 3 is 1.54 bits per heavy atom. The van der Waals surface area contributed by atoms with Crippen LogP contribution in [0.4, 0.5) is 0 Å². The molecule has 9 aromatic carbocycles. The van der Waals surface area contributed by atoms with Crippen LogP contribution in [-0.4, -0.2) is 19.9 Å². The average Bonchev–Trinajstić information content (AvgIpc) is 3.67. The van der Waals surface area contributed by atoms with Gasteiger partial charge >= 0.3 is 0 Å². The summed E-state index contributed by atoms with van der Waals surface area (Å²) in [6.07, 6.45) is 0. The Labute approximate surface area is 326 Å². The Bertz CT molecular complexity index is 3480. The molecule has 264 valence electrons. The number of hydrogen-bond acceptors (Lipinski definition) is 5. The Balaban J connectivity index is 0.950. The van der Waals surface area contributed by atoms with E-state index in [1.165, 1.54) is 37.9 Å². The second-order valence-electron chi connectivity index (χ2n) is 14.6. The number of hydrogen-bond donors (Lipinski definition) is 0. The van der Waals surface area contributed by atoms with E-state index in [-0.39, 0.29) is 0 Å². The quantitative estimate of drug-likeness (QED) is 0.165. The molecule has 5 heteroatoms. The van der Waals surface area contributed by atoms with Crippen molar-refractivity contribution in [2.75, 3.05) is 0 Å². The molecule has 0 saturated carbocycles. The van der Waals surface area contributed by atoms with Crippen LogP contribution in [0.25, 0.3) is 122 Å². The number of para-hydroxylation sites is 1. The molecular formula is C52H30N4O.